The molecule has 1 aromatic carbocycles. The smallest absolute Gasteiger partial charge is 0.414 e. The SMILES string of the molecule is C=Cc1cccc2c1N(C(=O)OC(C)(C)C)CC2. The van der Waals surface area contributed by atoms with Gasteiger partial charge in [0.2, 0.25) is 0 Å². The zero-order chi connectivity index (χ0) is 13.3. The van der Waals surface area contributed by atoms with Gasteiger partial charge in [0, 0.05) is 6.54 Å². The molecule has 0 atom stereocenters. The second-order valence-electron chi connectivity index (χ2n) is 5.44. The standard InChI is InChI=1S/C15H19NO2/c1-5-11-7-6-8-12-9-10-16(13(11)12)14(17)18-15(2,3)4/h5-8H,1,9-10H2,2-4H3. The quantitative estimate of drug-likeness (QED) is 0.756. The van der Waals surface area contributed by atoms with Crippen molar-refractivity contribution in [1.82, 2.24) is 0 Å². The maximum atomic E-state index is 12.2. The lowest BCUT2D eigenvalue weighted by atomic mass is 10.1. The zero-order valence-corrected chi connectivity index (χ0v) is 11.2. The lowest BCUT2D eigenvalue weighted by Crippen LogP contribution is -2.36. The van der Waals surface area contributed by atoms with Gasteiger partial charge in [0.1, 0.15) is 5.60 Å². The molecule has 0 radical (unpaired) electrons. The molecule has 0 aromatic heterocycles. The highest BCUT2D eigenvalue weighted by molar-refractivity contribution is 5.93. The average Bonchev–Trinajstić information content (AvgIpc) is 2.70. The van der Waals surface area contributed by atoms with E-state index < -0.39 is 5.60 Å². The van der Waals surface area contributed by atoms with Gasteiger partial charge >= 0.3 is 6.09 Å². The van der Waals surface area contributed by atoms with Crippen LogP contribution in [0.25, 0.3) is 6.08 Å². The van der Waals surface area contributed by atoms with Crippen molar-refractivity contribution >= 4 is 17.9 Å². The summed E-state index contributed by atoms with van der Waals surface area (Å²) in [5, 5.41) is 0. The number of carbonyl (C=O) groups is 1. The Kier molecular flexibility index (Phi) is 3.16. The highest BCUT2D eigenvalue weighted by Gasteiger charge is 2.30. The Balaban J connectivity index is 2.31. The first-order valence-corrected chi connectivity index (χ1v) is 6.17. The molecule has 0 bridgehead atoms. The Hall–Kier alpha value is -1.77. The van der Waals surface area contributed by atoms with Gasteiger partial charge in [-0.3, -0.25) is 4.90 Å². The van der Waals surface area contributed by atoms with E-state index in [9.17, 15) is 4.79 Å². The van der Waals surface area contributed by atoms with Crippen molar-refractivity contribution < 1.29 is 9.53 Å². The number of rotatable bonds is 1. The van der Waals surface area contributed by atoms with E-state index in [-0.39, 0.29) is 6.09 Å². The van der Waals surface area contributed by atoms with Crippen molar-refractivity contribution in [2.45, 2.75) is 32.8 Å². The Morgan fingerprint density at radius 1 is 1.44 bits per heavy atom. The predicted molar refractivity (Wildman–Crippen MR) is 73.8 cm³/mol. The third kappa shape index (κ3) is 2.40. The van der Waals surface area contributed by atoms with Gasteiger partial charge in [-0.1, -0.05) is 30.9 Å². The first-order chi connectivity index (χ1) is 8.42. The molecule has 1 heterocycles. The van der Waals surface area contributed by atoms with Gasteiger partial charge in [-0.25, -0.2) is 4.79 Å². The van der Waals surface area contributed by atoms with E-state index in [4.69, 9.17) is 4.74 Å². The minimum Gasteiger partial charge on any atom is -0.443 e. The molecular weight excluding hydrogens is 226 g/mol. The highest BCUT2D eigenvalue weighted by atomic mass is 16.6. The molecular formula is C15H19NO2. The fourth-order valence-electron chi connectivity index (χ4n) is 2.15. The van der Waals surface area contributed by atoms with Crippen molar-refractivity contribution in [2.75, 3.05) is 11.4 Å². The molecule has 96 valence electrons. The van der Waals surface area contributed by atoms with Gasteiger partial charge in [0.05, 0.1) is 5.69 Å². The summed E-state index contributed by atoms with van der Waals surface area (Å²) < 4.78 is 5.43. The maximum Gasteiger partial charge on any atom is 0.414 e. The Bertz CT molecular complexity index is 486. The van der Waals surface area contributed by atoms with Gasteiger partial charge in [-0.15, -0.1) is 0 Å². The lowest BCUT2D eigenvalue weighted by molar-refractivity contribution is 0.0584. The third-order valence-electron chi connectivity index (χ3n) is 2.86. The van der Waals surface area contributed by atoms with Crippen LogP contribution in [-0.2, 0) is 11.2 Å². The molecule has 0 saturated carbocycles. The second-order valence-corrected chi connectivity index (χ2v) is 5.44. The van der Waals surface area contributed by atoms with Crippen LogP contribution in [0.3, 0.4) is 0 Å². The van der Waals surface area contributed by atoms with Crippen LogP contribution in [0.2, 0.25) is 0 Å². The first-order valence-electron chi connectivity index (χ1n) is 6.17. The van der Waals surface area contributed by atoms with E-state index in [2.05, 4.69) is 6.58 Å². The second kappa shape index (κ2) is 4.48. The number of carbonyl (C=O) groups excluding carboxylic acids is 1. The van der Waals surface area contributed by atoms with E-state index in [1.807, 2.05) is 39.0 Å². The summed E-state index contributed by atoms with van der Waals surface area (Å²) >= 11 is 0. The van der Waals surface area contributed by atoms with E-state index >= 15 is 0 Å². The van der Waals surface area contributed by atoms with Gasteiger partial charge in [0.25, 0.3) is 0 Å². The molecule has 0 spiro atoms. The molecule has 1 aliphatic rings. The number of fused-ring (bicyclic) bond motifs is 1. The van der Waals surface area contributed by atoms with Crippen molar-refractivity contribution in [3.8, 4) is 0 Å². The molecule has 1 amide bonds. The molecule has 0 N–H and O–H groups in total. The summed E-state index contributed by atoms with van der Waals surface area (Å²) in [6.07, 6.45) is 2.37. The topological polar surface area (TPSA) is 29.5 Å². The summed E-state index contributed by atoms with van der Waals surface area (Å²) in [6.45, 7) is 10.1. The van der Waals surface area contributed by atoms with E-state index in [0.717, 1.165) is 17.7 Å². The van der Waals surface area contributed by atoms with Gasteiger partial charge < -0.3 is 4.74 Å². The maximum absolute atomic E-state index is 12.2. The number of amides is 1. The summed E-state index contributed by atoms with van der Waals surface area (Å²) in [5.41, 5.74) is 2.64. The number of nitrogens with zero attached hydrogens (tertiary/aromatic N) is 1. The zero-order valence-electron chi connectivity index (χ0n) is 11.2. The minimum atomic E-state index is -0.469. The van der Waals surface area contributed by atoms with Crippen LogP contribution in [0.15, 0.2) is 24.8 Å². The average molecular weight is 245 g/mol. The van der Waals surface area contributed by atoms with Crippen LogP contribution in [0, 0.1) is 0 Å². The largest absolute Gasteiger partial charge is 0.443 e. The van der Waals surface area contributed by atoms with E-state index in [0.29, 0.717) is 6.54 Å². The van der Waals surface area contributed by atoms with Gasteiger partial charge in [0.15, 0.2) is 0 Å². The van der Waals surface area contributed by atoms with Crippen molar-refractivity contribution in [2.24, 2.45) is 0 Å². The van der Waals surface area contributed by atoms with E-state index in [1.165, 1.54) is 5.56 Å². The highest BCUT2D eigenvalue weighted by Crippen LogP contribution is 2.33. The lowest BCUT2D eigenvalue weighted by Gasteiger charge is -2.25. The monoisotopic (exact) mass is 245 g/mol. The van der Waals surface area contributed by atoms with Crippen LogP contribution in [0.1, 0.15) is 31.9 Å². The number of anilines is 1. The van der Waals surface area contributed by atoms with Crippen LogP contribution in [-0.4, -0.2) is 18.2 Å². The number of para-hydroxylation sites is 1. The van der Waals surface area contributed by atoms with E-state index in [1.54, 1.807) is 11.0 Å². The minimum absolute atomic E-state index is 0.282. The molecule has 3 nitrogen and oxygen atoms in total. The molecule has 0 saturated heterocycles. The normalized spacial score (nSPS) is 14.3. The van der Waals surface area contributed by atoms with Crippen LogP contribution in [0.5, 0.6) is 0 Å². The fourth-order valence-corrected chi connectivity index (χ4v) is 2.15. The molecule has 1 aliphatic heterocycles. The van der Waals surface area contributed by atoms with Crippen LogP contribution < -0.4 is 4.90 Å². The number of hydrogen-bond donors (Lipinski definition) is 0. The molecule has 3 heteroatoms. The molecule has 1 aromatic rings. The predicted octanol–water partition coefficient (Wildman–Crippen LogP) is 3.63. The van der Waals surface area contributed by atoms with Crippen LogP contribution >= 0.6 is 0 Å². The molecule has 2 rings (SSSR count). The van der Waals surface area contributed by atoms with Crippen LogP contribution in [0.4, 0.5) is 10.5 Å². The number of ether oxygens (including phenoxy) is 1. The molecule has 0 unspecified atom stereocenters. The van der Waals surface area contributed by atoms with Crippen molar-refractivity contribution in [3.63, 3.8) is 0 Å². The Labute approximate surface area is 108 Å². The van der Waals surface area contributed by atoms with Crippen molar-refractivity contribution in [3.05, 3.63) is 35.9 Å². The van der Waals surface area contributed by atoms with Gasteiger partial charge in [-0.2, -0.15) is 0 Å². The Morgan fingerprint density at radius 3 is 2.78 bits per heavy atom. The molecule has 0 fully saturated rings. The summed E-state index contributed by atoms with van der Waals surface area (Å²) in [4.78, 5) is 13.9. The van der Waals surface area contributed by atoms with Gasteiger partial charge in [-0.05, 0) is 38.3 Å². The first kappa shape index (κ1) is 12.7. The van der Waals surface area contributed by atoms with Crippen molar-refractivity contribution in [1.29, 1.82) is 0 Å². The summed E-state index contributed by atoms with van der Waals surface area (Å²) in [6, 6.07) is 6.01. The summed E-state index contributed by atoms with van der Waals surface area (Å²) in [5.74, 6) is 0. The fraction of sp³-hybridized carbons (Fsp3) is 0.400. The number of hydrogen-bond acceptors (Lipinski definition) is 2. The molecule has 0 aliphatic carbocycles. The Morgan fingerprint density at radius 2 is 2.17 bits per heavy atom. The number of benzene rings is 1. The molecule has 18 heavy (non-hydrogen) atoms. The summed E-state index contributed by atoms with van der Waals surface area (Å²) in [7, 11) is 0. The third-order valence-corrected chi connectivity index (χ3v) is 2.86.